The molecule has 23 heavy (non-hydrogen) atoms. The molecule has 2 aromatic rings. The van der Waals surface area contributed by atoms with Crippen LogP contribution in [-0.2, 0) is 6.54 Å². The molecule has 0 bridgehead atoms. The SMILES string of the molecule is Cc1ncsc1CN1CCCCC1CNC(=O)c1ccccc1. The molecule has 1 N–H and O–H groups in total. The molecule has 122 valence electrons. The zero-order chi connectivity index (χ0) is 16.1. The van der Waals surface area contributed by atoms with Crippen LogP contribution >= 0.6 is 11.3 Å². The number of hydrogen-bond donors (Lipinski definition) is 1. The van der Waals surface area contributed by atoms with Gasteiger partial charge in [0.15, 0.2) is 0 Å². The lowest BCUT2D eigenvalue weighted by Gasteiger charge is -2.35. The summed E-state index contributed by atoms with van der Waals surface area (Å²) in [5.74, 6) is 0.0186. The molecule has 0 spiro atoms. The Hall–Kier alpha value is -1.72. The molecule has 2 heterocycles. The Morgan fingerprint density at radius 3 is 2.91 bits per heavy atom. The first-order valence-electron chi connectivity index (χ1n) is 8.20. The Balaban J connectivity index is 1.58. The third-order valence-electron chi connectivity index (χ3n) is 4.47. The maximum atomic E-state index is 12.2. The highest BCUT2D eigenvalue weighted by atomic mass is 32.1. The predicted molar refractivity (Wildman–Crippen MR) is 93.7 cm³/mol. The molecule has 4 nitrogen and oxygen atoms in total. The Kier molecular flexibility index (Phi) is 5.41. The number of carbonyl (C=O) groups is 1. The monoisotopic (exact) mass is 329 g/mol. The van der Waals surface area contributed by atoms with Gasteiger partial charge in [-0.25, -0.2) is 4.98 Å². The van der Waals surface area contributed by atoms with Crippen molar-refractivity contribution in [2.75, 3.05) is 13.1 Å². The fourth-order valence-corrected chi connectivity index (χ4v) is 3.87. The van der Waals surface area contributed by atoms with Crippen LogP contribution in [-0.4, -0.2) is 34.9 Å². The number of piperidine rings is 1. The molecule has 1 saturated heterocycles. The van der Waals surface area contributed by atoms with E-state index in [1.165, 1.54) is 17.7 Å². The number of hydrogen-bond acceptors (Lipinski definition) is 4. The molecule has 1 fully saturated rings. The number of benzene rings is 1. The second-order valence-corrected chi connectivity index (χ2v) is 7.00. The average Bonchev–Trinajstić information content (AvgIpc) is 2.99. The second-order valence-electron chi connectivity index (χ2n) is 6.06. The first kappa shape index (κ1) is 16.1. The summed E-state index contributed by atoms with van der Waals surface area (Å²) in [5, 5.41) is 3.10. The first-order valence-corrected chi connectivity index (χ1v) is 9.08. The van der Waals surface area contributed by atoms with Crippen molar-refractivity contribution in [3.63, 3.8) is 0 Å². The summed E-state index contributed by atoms with van der Waals surface area (Å²) in [6.45, 7) is 4.83. The van der Waals surface area contributed by atoms with Gasteiger partial charge in [-0.15, -0.1) is 11.3 Å². The fourth-order valence-electron chi connectivity index (χ4n) is 3.06. The average molecular weight is 329 g/mol. The van der Waals surface area contributed by atoms with E-state index in [-0.39, 0.29) is 5.91 Å². The van der Waals surface area contributed by atoms with E-state index in [2.05, 4.69) is 22.1 Å². The van der Waals surface area contributed by atoms with E-state index in [1.807, 2.05) is 35.8 Å². The Labute approximate surface area is 141 Å². The van der Waals surface area contributed by atoms with Gasteiger partial charge in [0.25, 0.3) is 5.91 Å². The van der Waals surface area contributed by atoms with Crippen molar-refractivity contribution in [1.29, 1.82) is 0 Å². The van der Waals surface area contributed by atoms with Gasteiger partial charge in [0.2, 0.25) is 0 Å². The van der Waals surface area contributed by atoms with Crippen molar-refractivity contribution >= 4 is 17.2 Å². The van der Waals surface area contributed by atoms with Crippen molar-refractivity contribution in [2.24, 2.45) is 0 Å². The molecule has 0 saturated carbocycles. The van der Waals surface area contributed by atoms with E-state index in [0.29, 0.717) is 12.6 Å². The standard InChI is InChI=1S/C18H23N3OS/c1-14-17(23-13-20-14)12-21-10-6-5-9-16(21)11-19-18(22)15-7-3-2-4-8-15/h2-4,7-8,13,16H,5-6,9-12H2,1H3,(H,19,22). The van der Waals surface area contributed by atoms with Crippen molar-refractivity contribution in [2.45, 2.75) is 38.8 Å². The molecule has 1 aromatic heterocycles. The third kappa shape index (κ3) is 4.18. The van der Waals surface area contributed by atoms with E-state index in [9.17, 15) is 4.79 Å². The maximum Gasteiger partial charge on any atom is 0.251 e. The van der Waals surface area contributed by atoms with Gasteiger partial charge in [-0.1, -0.05) is 24.6 Å². The molecule has 1 aliphatic heterocycles. The van der Waals surface area contributed by atoms with Crippen molar-refractivity contribution in [3.05, 3.63) is 52.0 Å². The lowest BCUT2D eigenvalue weighted by atomic mass is 10.0. The van der Waals surface area contributed by atoms with Crippen LogP contribution in [0.1, 0.15) is 40.2 Å². The van der Waals surface area contributed by atoms with Crippen LogP contribution in [0.5, 0.6) is 0 Å². The Morgan fingerprint density at radius 1 is 1.35 bits per heavy atom. The number of carbonyl (C=O) groups excluding carboxylic acids is 1. The second kappa shape index (κ2) is 7.70. The smallest absolute Gasteiger partial charge is 0.251 e. The van der Waals surface area contributed by atoms with Gasteiger partial charge in [-0.2, -0.15) is 0 Å². The molecule has 1 aromatic carbocycles. The molecule has 1 aliphatic rings. The van der Waals surface area contributed by atoms with Crippen molar-refractivity contribution < 1.29 is 4.79 Å². The molecule has 5 heteroatoms. The number of likely N-dealkylation sites (tertiary alicyclic amines) is 1. The van der Waals surface area contributed by atoms with Gasteiger partial charge in [0, 0.05) is 29.6 Å². The number of aryl methyl sites for hydroxylation is 1. The topological polar surface area (TPSA) is 45.2 Å². The summed E-state index contributed by atoms with van der Waals surface area (Å²) >= 11 is 1.73. The molecule has 3 rings (SSSR count). The van der Waals surface area contributed by atoms with Gasteiger partial charge in [-0.3, -0.25) is 9.69 Å². The molecule has 0 aliphatic carbocycles. The number of aromatic nitrogens is 1. The molecule has 1 unspecified atom stereocenters. The zero-order valence-corrected chi connectivity index (χ0v) is 14.3. The molecule has 1 amide bonds. The van der Waals surface area contributed by atoms with Crippen LogP contribution in [0.3, 0.4) is 0 Å². The van der Waals surface area contributed by atoms with Crippen molar-refractivity contribution in [1.82, 2.24) is 15.2 Å². The highest BCUT2D eigenvalue weighted by molar-refractivity contribution is 7.09. The minimum absolute atomic E-state index is 0.0186. The van der Waals surface area contributed by atoms with Crippen LogP contribution in [0.4, 0.5) is 0 Å². The van der Waals surface area contributed by atoms with E-state index in [4.69, 9.17) is 0 Å². The van der Waals surface area contributed by atoms with E-state index in [0.717, 1.165) is 30.8 Å². The maximum absolute atomic E-state index is 12.2. The first-order chi connectivity index (χ1) is 11.2. The Morgan fingerprint density at radius 2 is 2.17 bits per heavy atom. The van der Waals surface area contributed by atoms with Gasteiger partial charge in [0.05, 0.1) is 11.2 Å². The molecular formula is C18H23N3OS. The van der Waals surface area contributed by atoms with Gasteiger partial charge < -0.3 is 5.32 Å². The lowest BCUT2D eigenvalue weighted by Crippen LogP contribution is -2.46. The summed E-state index contributed by atoms with van der Waals surface area (Å²) < 4.78 is 0. The van der Waals surface area contributed by atoms with Crippen LogP contribution in [0.2, 0.25) is 0 Å². The highest BCUT2D eigenvalue weighted by Gasteiger charge is 2.24. The minimum atomic E-state index is 0.0186. The molecular weight excluding hydrogens is 306 g/mol. The van der Waals surface area contributed by atoms with E-state index < -0.39 is 0 Å². The third-order valence-corrected chi connectivity index (χ3v) is 5.39. The summed E-state index contributed by atoms with van der Waals surface area (Å²) in [6.07, 6.45) is 3.62. The van der Waals surface area contributed by atoms with Crippen molar-refractivity contribution in [3.8, 4) is 0 Å². The minimum Gasteiger partial charge on any atom is -0.350 e. The number of amides is 1. The van der Waals surface area contributed by atoms with E-state index in [1.54, 1.807) is 11.3 Å². The summed E-state index contributed by atoms with van der Waals surface area (Å²) in [6, 6.07) is 9.85. The number of thiazole rings is 1. The molecule has 1 atom stereocenters. The molecule has 0 radical (unpaired) electrons. The largest absolute Gasteiger partial charge is 0.350 e. The van der Waals surface area contributed by atoms with E-state index >= 15 is 0 Å². The van der Waals surface area contributed by atoms with Crippen LogP contribution in [0, 0.1) is 6.92 Å². The normalized spacial score (nSPS) is 18.7. The highest BCUT2D eigenvalue weighted by Crippen LogP contribution is 2.22. The summed E-state index contributed by atoms with van der Waals surface area (Å²) in [4.78, 5) is 20.4. The van der Waals surface area contributed by atoms with Gasteiger partial charge in [0.1, 0.15) is 0 Å². The summed E-state index contributed by atoms with van der Waals surface area (Å²) in [7, 11) is 0. The van der Waals surface area contributed by atoms with Crippen LogP contribution < -0.4 is 5.32 Å². The lowest BCUT2D eigenvalue weighted by molar-refractivity contribution is 0.0908. The number of rotatable bonds is 5. The number of nitrogens with one attached hydrogen (secondary N) is 1. The quantitative estimate of drug-likeness (QED) is 0.916. The number of nitrogens with zero attached hydrogens (tertiary/aromatic N) is 2. The van der Waals surface area contributed by atoms with Crippen LogP contribution in [0.15, 0.2) is 35.8 Å². The van der Waals surface area contributed by atoms with Gasteiger partial charge in [-0.05, 0) is 38.4 Å². The van der Waals surface area contributed by atoms with Gasteiger partial charge >= 0.3 is 0 Å². The zero-order valence-electron chi connectivity index (χ0n) is 13.5. The van der Waals surface area contributed by atoms with Crippen LogP contribution in [0.25, 0.3) is 0 Å². The fraction of sp³-hybridized carbons (Fsp3) is 0.444. The predicted octanol–water partition coefficient (Wildman–Crippen LogP) is 3.24. The Bertz CT molecular complexity index is 641. The summed E-state index contributed by atoms with van der Waals surface area (Å²) in [5.41, 5.74) is 3.78.